The Kier molecular flexibility index (Phi) is 9.33. The summed E-state index contributed by atoms with van der Waals surface area (Å²) in [5.74, 6) is -2.09. The van der Waals surface area contributed by atoms with E-state index in [4.69, 9.17) is 16.3 Å². The van der Waals surface area contributed by atoms with E-state index in [9.17, 15) is 24.0 Å². The van der Waals surface area contributed by atoms with Crippen LogP contribution in [0.4, 0.5) is 0 Å². The summed E-state index contributed by atoms with van der Waals surface area (Å²) in [4.78, 5) is 69.2. The van der Waals surface area contributed by atoms with Crippen LogP contribution in [0.1, 0.15) is 69.5 Å². The molecule has 4 amide bonds. The highest BCUT2D eigenvalue weighted by molar-refractivity contribution is 7.21. The fourth-order valence-electron chi connectivity index (χ4n) is 6.03. The van der Waals surface area contributed by atoms with Crippen molar-refractivity contribution in [2.24, 2.45) is 17.3 Å². The van der Waals surface area contributed by atoms with Crippen LogP contribution in [0.15, 0.2) is 36.9 Å². The first kappa shape index (κ1) is 32.9. The Morgan fingerprint density at radius 1 is 1.20 bits per heavy atom. The Morgan fingerprint density at radius 3 is 2.51 bits per heavy atom. The number of ether oxygens (including phenoxy) is 1. The van der Waals surface area contributed by atoms with Crippen molar-refractivity contribution in [3.05, 3.63) is 46.8 Å². The summed E-state index contributed by atoms with van der Waals surface area (Å²) in [5.41, 5.74) is -1.92. The first-order chi connectivity index (χ1) is 21.3. The number of nitrogens with one attached hydrogen (secondary N) is 3. The van der Waals surface area contributed by atoms with Crippen LogP contribution in [0.25, 0.3) is 10.1 Å². The molecule has 0 radical (unpaired) electrons. The Balaban J connectivity index is 1.40. The first-order valence-corrected chi connectivity index (χ1v) is 16.7. The number of benzene rings is 1. The molecule has 0 spiro atoms. The summed E-state index contributed by atoms with van der Waals surface area (Å²) < 4.78 is 6.13. The number of hydrogen-bond acceptors (Lipinski definition) is 7. The lowest BCUT2D eigenvalue weighted by atomic mass is 9.85. The van der Waals surface area contributed by atoms with Crippen molar-refractivity contribution in [1.82, 2.24) is 20.9 Å². The standard InChI is InChI=1S/C33H41ClN4O6S/c1-6-19-16-33(19,31(43)44-7-2)37-28(40)22-15-20(35-29(41)26-25(34)21-10-8-9-11-23(21)45-26)17-38(22)30(42)27(32(3,4)5)36-24(39)14-18-12-13-18/h6,8-11,18-20,22,27H,1,7,12-17H2,2-5H3,(H,35,41)(H,36,39)(H,37,40)/t19?,20-,22+,27-,33?/m1/s1. The number of thiophene rings is 1. The number of nitrogens with zero attached hydrogens (tertiary/aromatic N) is 1. The highest BCUT2D eigenvalue weighted by Crippen LogP contribution is 2.46. The molecule has 2 aliphatic carbocycles. The van der Waals surface area contributed by atoms with E-state index in [2.05, 4.69) is 22.5 Å². The number of carbonyl (C=O) groups is 5. The van der Waals surface area contributed by atoms with Gasteiger partial charge in [0.2, 0.25) is 17.7 Å². The molecule has 5 rings (SSSR count). The van der Waals surface area contributed by atoms with Gasteiger partial charge in [-0.05, 0) is 50.0 Å². The molecule has 45 heavy (non-hydrogen) atoms. The zero-order chi connectivity index (χ0) is 32.7. The van der Waals surface area contributed by atoms with Gasteiger partial charge in [0.1, 0.15) is 22.5 Å². The zero-order valence-corrected chi connectivity index (χ0v) is 27.7. The smallest absolute Gasteiger partial charge is 0.332 e. The number of carbonyl (C=O) groups excluding carboxylic acids is 5. The van der Waals surface area contributed by atoms with Crippen molar-refractivity contribution < 1.29 is 28.7 Å². The van der Waals surface area contributed by atoms with Crippen LogP contribution in [-0.2, 0) is 23.9 Å². The van der Waals surface area contributed by atoms with E-state index in [0.29, 0.717) is 28.7 Å². The predicted molar refractivity (Wildman–Crippen MR) is 173 cm³/mol. The fourth-order valence-corrected chi connectivity index (χ4v) is 7.45. The molecule has 2 aromatic rings. The molecule has 1 saturated heterocycles. The van der Waals surface area contributed by atoms with Gasteiger partial charge in [-0.15, -0.1) is 17.9 Å². The number of rotatable bonds is 11. The van der Waals surface area contributed by atoms with Crippen molar-refractivity contribution >= 4 is 62.6 Å². The minimum atomic E-state index is -1.25. The van der Waals surface area contributed by atoms with Crippen LogP contribution >= 0.6 is 22.9 Å². The van der Waals surface area contributed by atoms with Gasteiger partial charge in [-0.3, -0.25) is 19.2 Å². The van der Waals surface area contributed by atoms with E-state index in [1.54, 1.807) is 13.0 Å². The molecular weight excluding hydrogens is 616 g/mol. The minimum absolute atomic E-state index is 0.0353. The molecule has 1 aliphatic heterocycles. The van der Waals surface area contributed by atoms with Crippen molar-refractivity contribution in [2.45, 2.75) is 83.5 Å². The molecule has 2 saturated carbocycles. The lowest BCUT2D eigenvalue weighted by Crippen LogP contribution is -2.59. The predicted octanol–water partition coefficient (Wildman–Crippen LogP) is 4.21. The fraction of sp³-hybridized carbons (Fsp3) is 0.545. The Bertz CT molecular complexity index is 1530. The molecule has 12 heteroatoms. The molecule has 0 bridgehead atoms. The van der Waals surface area contributed by atoms with Crippen LogP contribution in [0.5, 0.6) is 0 Å². The van der Waals surface area contributed by atoms with Gasteiger partial charge in [0, 0.05) is 35.0 Å². The average molecular weight is 657 g/mol. The largest absolute Gasteiger partial charge is 0.464 e. The van der Waals surface area contributed by atoms with Gasteiger partial charge in [-0.25, -0.2) is 4.79 Å². The van der Waals surface area contributed by atoms with Crippen LogP contribution < -0.4 is 16.0 Å². The van der Waals surface area contributed by atoms with Crippen molar-refractivity contribution in [2.75, 3.05) is 13.2 Å². The van der Waals surface area contributed by atoms with Crippen molar-refractivity contribution in [3.8, 4) is 0 Å². The SMILES string of the molecule is C=CC1CC1(NC(=O)[C@@H]1C[C@@H](NC(=O)c2sc3ccccc3c2Cl)CN1C(=O)[C@@H](NC(=O)CC1CC1)C(C)(C)C)C(=O)OCC. The van der Waals surface area contributed by atoms with Gasteiger partial charge in [-0.2, -0.15) is 0 Å². The number of likely N-dealkylation sites (tertiary alicyclic amines) is 1. The van der Waals surface area contributed by atoms with Crippen LogP contribution in [0.2, 0.25) is 5.02 Å². The normalized spacial score (nSPS) is 24.9. The van der Waals surface area contributed by atoms with Gasteiger partial charge in [0.05, 0.1) is 11.6 Å². The molecule has 3 fully saturated rings. The molecule has 5 atom stereocenters. The third kappa shape index (κ3) is 6.89. The minimum Gasteiger partial charge on any atom is -0.464 e. The van der Waals surface area contributed by atoms with Crippen LogP contribution in [0, 0.1) is 17.3 Å². The summed E-state index contributed by atoms with van der Waals surface area (Å²) in [5, 5.41) is 9.89. The van der Waals surface area contributed by atoms with Crippen LogP contribution in [0.3, 0.4) is 0 Å². The molecule has 2 unspecified atom stereocenters. The maximum Gasteiger partial charge on any atom is 0.332 e. The maximum atomic E-state index is 14.2. The molecule has 3 N–H and O–H groups in total. The topological polar surface area (TPSA) is 134 Å². The summed E-state index contributed by atoms with van der Waals surface area (Å²) in [7, 11) is 0. The second-order valence-corrected chi connectivity index (χ2v) is 14.8. The van der Waals surface area contributed by atoms with Crippen LogP contribution in [-0.4, -0.2) is 71.3 Å². The van der Waals surface area contributed by atoms with Crippen molar-refractivity contribution in [3.63, 3.8) is 0 Å². The number of halogens is 1. The number of hydrogen-bond donors (Lipinski definition) is 3. The van der Waals surface area contributed by atoms with E-state index >= 15 is 0 Å². The molecular formula is C33H41ClN4O6S. The lowest BCUT2D eigenvalue weighted by Gasteiger charge is -2.35. The second kappa shape index (κ2) is 12.7. The monoisotopic (exact) mass is 656 g/mol. The van der Waals surface area contributed by atoms with Gasteiger partial charge >= 0.3 is 5.97 Å². The summed E-state index contributed by atoms with van der Waals surface area (Å²) >= 11 is 7.84. The van der Waals surface area contributed by atoms with Gasteiger partial charge < -0.3 is 25.6 Å². The highest BCUT2D eigenvalue weighted by atomic mass is 35.5. The van der Waals surface area contributed by atoms with Gasteiger partial charge in [0.25, 0.3) is 5.91 Å². The maximum absolute atomic E-state index is 14.2. The van der Waals surface area contributed by atoms with E-state index in [1.165, 1.54) is 16.2 Å². The third-order valence-corrected chi connectivity index (χ3v) is 10.5. The molecule has 2 heterocycles. The molecule has 10 nitrogen and oxygen atoms in total. The van der Waals surface area contributed by atoms with E-state index < -0.39 is 52.8 Å². The summed E-state index contributed by atoms with van der Waals surface area (Å²) in [6.45, 7) is 11.2. The number of amides is 4. The number of fused-ring (bicyclic) bond motifs is 1. The molecule has 242 valence electrons. The first-order valence-electron chi connectivity index (χ1n) is 15.5. The zero-order valence-electron chi connectivity index (χ0n) is 26.1. The molecule has 1 aromatic carbocycles. The summed E-state index contributed by atoms with van der Waals surface area (Å²) in [6.07, 6.45) is 4.40. The van der Waals surface area contributed by atoms with Gasteiger partial charge in [-0.1, -0.05) is 56.6 Å². The van der Waals surface area contributed by atoms with Gasteiger partial charge in [0.15, 0.2) is 0 Å². The second-order valence-electron chi connectivity index (χ2n) is 13.4. The Labute approximate surface area is 272 Å². The van der Waals surface area contributed by atoms with E-state index in [-0.39, 0.29) is 31.4 Å². The van der Waals surface area contributed by atoms with Crippen molar-refractivity contribution in [1.29, 1.82) is 0 Å². The number of esters is 1. The molecule has 1 aromatic heterocycles. The average Bonchev–Trinajstić information content (AvgIpc) is 3.87. The molecule has 3 aliphatic rings. The highest BCUT2D eigenvalue weighted by Gasteiger charge is 2.62. The third-order valence-electron chi connectivity index (χ3n) is 8.84. The Morgan fingerprint density at radius 2 is 1.91 bits per heavy atom. The quantitative estimate of drug-likeness (QED) is 0.245. The van der Waals surface area contributed by atoms with E-state index in [1.807, 2.05) is 45.0 Å². The Hall–Kier alpha value is -3.44. The van der Waals surface area contributed by atoms with E-state index in [0.717, 1.165) is 22.9 Å². The lowest BCUT2D eigenvalue weighted by molar-refractivity contribution is -0.150. The summed E-state index contributed by atoms with van der Waals surface area (Å²) in [6, 6.07) is 4.94.